The van der Waals surface area contributed by atoms with Crippen molar-refractivity contribution in [1.82, 2.24) is 9.78 Å². The largest absolute Gasteiger partial charge is 0.280 e. The van der Waals surface area contributed by atoms with Crippen molar-refractivity contribution in [3.05, 3.63) is 47.3 Å². The molecule has 0 spiro atoms. The van der Waals surface area contributed by atoms with Gasteiger partial charge in [-0.25, -0.2) is 8.42 Å². The molecule has 6 heteroatoms. The number of nitrogens with zero attached hydrogens (tertiary/aromatic N) is 2. The van der Waals surface area contributed by atoms with Gasteiger partial charge in [0.15, 0.2) is 0 Å². The molecule has 25 heavy (non-hydrogen) atoms. The van der Waals surface area contributed by atoms with Gasteiger partial charge in [-0.2, -0.15) is 5.10 Å². The Bertz CT molecular complexity index is 807. The van der Waals surface area contributed by atoms with Crippen molar-refractivity contribution in [3.63, 3.8) is 0 Å². The van der Waals surface area contributed by atoms with Crippen molar-refractivity contribution >= 4 is 15.7 Å². The monoisotopic (exact) mass is 361 g/mol. The molecule has 136 valence electrons. The normalized spacial score (nSPS) is 16.1. The number of anilines is 1. The third kappa shape index (κ3) is 4.42. The van der Waals surface area contributed by atoms with Gasteiger partial charge in [0.25, 0.3) is 0 Å². The van der Waals surface area contributed by atoms with Gasteiger partial charge < -0.3 is 0 Å². The fourth-order valence-electron chi connectivity index (χ4n) is 3.60. The van der Waals surface area contributed by atoms with E-state index in [4.69, 9.17) is 0 Å². The minimum absolute atomic E-state index is 0.0739. The van der Waals surface area contributed by atoms with Crippen LogP contribution in [0.5, 0.6) is 0 Å². The molecule has 0 atom stereocenters. The molecule has 0 saturated heterocycles. The molecule has 1 aliphatic rings. The first-order valence-electron chi connectivity index (χ1n) is 9.06. The highest BCUT2D eigenvalue weighted by Crippen LogP contribution is 2.32. The van der Waals surface area contributed by atoms with Gasteiger partial charge in [0.2, 0.25) is 10.0 Å². The maximum absolute atomic E-state index is 12.5. The smallest absolute Gasteiger partial charge is 0.233 e. The Morgan fingerprint density at radius 3 is 2.48 bits per heavy atom. The first-order valence-corrected chi connectivity index (χ1v) is 10.7. The molecule has 1 aromatic heterocycles. The van der Waals surface area contributed by atoms with Crippen LogP contribution >= 0.6 is 0 Å². The van der Waals surface area contributed by atoms with Crippen LogP contribution in [0.15, 0.2) is 30.3 Å². The number of aromatic nitrogens is 2. The van der Waals surface area contributed by atoms with Crippen LogP contribution in [0.25, 0.3) is 0 Å². The number of nitrogens with one attached hydrogen (secondary N) is 1. The minimum atomic E-state index is -3.40. The van der Waals surface area contributed by atoms with Gasteiger partial charge in [-0.1, -0.05) is 49.6 Å². The lowest BCUT2D eigenvalue weighted by Crippen LogP contribution is -2.19. The summed E-state index contributed by atoms with van der Waals surface area (Å²) in [5.41, 5.74) is 3.36. The molecule has 0 aliphatic heterocycles. The zero-order valence-electron chi connectivity index (χ0n) is 15.0. The van der Waals surface area contributed by atoms with E-state index in [1.165, 1.54) is 19.3 Å². The minimum Gasteiger partial charge on any atom is -0.280 e. The molecular formula is C19H27N3O2S. The van der Waals surface area contributed by atoms with Gasteiger partial charge in [0, 0.05) is 0 Å². The van der Waals surface area contributed by atoms with E-state index in [0.717, 1.165) is 29.8 Å². The van der Waals surface area contributed by atoms with Crippen LogP contribution in [0.2, 0.25) is 0 Å². The van der Waals surface area contributed by atoms with Gasteiger partial charge in [0.1, 0.15) is 0 Å². The summed E-state index contributed by atoms with van der Waals surface area (Å²) < 4.78 is 29.8. The number of hydrogen-bond acceptors (Lipinski definition) is 3. The van der Waals surface area contributed by atoms with E-state index in [-0.39, 0.29) is 5.75 Å². The maximum atomic E-state index is 12.5. The SMILES string of the molecule is Cc1nn(C2CCCCC2)c(C)c1NS(=O)(=O)CCc1ccccc1. The molecule has 5 nitrogen and oxygen atoms in total. The first kappa shape index (κ1) is 18.0. The van der Waals surface area contributed by atoms with Crippen molar-refractivity contribution in [2.45, 2.75) is 58.4 Å². The third-order valence-corrected chi connectivity index (χ3v) is 6.26. The Hall–Kier alpha value is -1.82. The van der Waals surface area contributed by atoms with Crippen molar-refractivity contribution in [2.24, 2.45) is 0 Å². The van der Waals surface area contributed by atoms with Crippen LogP contribution in [0.3, 0.4) is 0 Å². The van der Waals surface area contributed by atoms with Crippen LogP contribution in [-0.4, -0.2) is 24.0 Å². The van der Waals surface area contributed by atoms with E-state index in [0.29, 0.717) is 18.2 Å². The molecule has 0 bridgehead atoms. The Morgan fingerprint density at radius 2 is 1.80 bits per heavy atom. The molecule has 0 amide bonds. The summed E-state index contributed by atoms with van der Waals surface area (Å²) in [6.07, 6.45) is 6.49. The highest BCUT2D eigenvalue weighted by molar-refractivity contribution is 7.92. The highest BCUT2D eigenvalue weighted by Gasteiger charge is 2.23. The number of hydrogen-bond donors (Lipinski definition) is 1. The lowest BCUT2D eigenvalue weighted by Gasteiger charge is -2.23. The highest BCUT2D eigenvalue weighted by atomic mass is 32.2. The van der Waals surface area contributed by atoms with E-state index in [1.807, 2.05) is 48.9 Å². The summed E-state index contributed by atoms with van der Waals surface area (Å²) in [7, 11) is -3.40. The molecule has 0 radical (unpaired) electrons. The summed E-state index contributed by atoms with van der Waals surface area (Å²) in [5.74, 6) is 0.0739. The second-order valence-electron chi connectivity index (χ2n) is 6.94. The molecule has 0 unspecified atom stereocenters. The summed E-state index contributed by atoms with van der Waals surface area (Å²) in [6.45, 7) is 3.84. The molecule has 1 N–H and O–H groups in total. The van der Waals surface area contributed by atoms with E-state index in [9.17, 15) is 8.42 Å². The zero-order chi connectivity index (χ0) is 17.9. The average Bonchev–Trinajstić information content (AvgIpc) is 2.90. The Morgan fingerprint density at radius 1 is 1.12 bits per heavy atom. The molecule has 1 aromatic carbocycles. The first-order chi connectivity index (χ1) is 12.0. The quantitative estimate of drug-likeness (QED) is 0.846. The Balaban J connectivity index is 1.72. The molecular weight excluding hydrogens is 334 g/mol. The molecule has 3 rings (SSSR count). The number of sulfonamides is 1. The Labute approximate surface area is 150 Å². The lowest BCUT2D eigenvalue weighted by atomic mass is 9.95. The second kappa shape index (κ2) is 7.60. The predicted molar refractivity (Wildman–Crippen MR) is 101 cm³/mol. The molecule has 1 aliphatic carbocycles. The van der Waals surface area contributed by atoms with Crippen molar-refractivity contribution < 1.29 is 8.42 Å². The number of aryl methyl sites for hydroxylation is 2. The fraction of sp³-hybridized carbons (Fsp3) is 0.526. The van der Waals surface area contributed by atoms with Crippen LogP contribution in [-0.2, 0) is 16.4 Å². The average molecular weight is 362 g/mol. The Kier molecular flexibility index (Phi) is 5.47. The summed E-state index contributed by atoms with van der Waals surface area (Å²) in [5, 5.41) is 4.63. The fourth-order valence-corrected chi connectivity index (χ4v) is 4.81. The maximum Gasteiger partial charge on any atom is 0.233 e. The summed E-state index contributed by atoms with van der Waals surface area (Å²) in [6, 6.07) is 10.1. The van der Waals surface area contributed by atoms with Crippen molar-refractivity contribution in [1.29, 1.82) is 0 Å². The standard InChI is InChI=1S/C19H27N3O2S/c1-15-19(16(2)22(20-15)18-11-7-4-8-12-18)21-25(23,24)14-13-17-9-5-3-6-10-17/h3,5-6,9-10,18,21H,4,7-8,11-14H2,1-2H3. The van der Waals surface area contributed by atoms with E-state index in [2.05, 4.69) is 9.82 Å². The van der Waals surface area contributed by atoms with Crippen LogP contribution in [0.1, 0.15) is 55.1 Å². The molecule has 1 saturated carbocycles. The number of benzene rings is 1. The third-order valence-electron chi connectivity index (χ3n) is 5.01. The molecule has 1 heterocycles. The number of rotatable bonds is 6. The van der Waals surface area contributed by atoms with Crippen molar-refractivity contribution in [3.8, 4) is 0 Å². The summed E-state index contributed by atoms with van der Waals surface area (Å²) in [4.78, 5) is 0. The van der Waals surface area contributed by atoms with Crippen LogP contribution in [0, 0.1) is 13.8 Å². The molecule has 1 fully saturated rings. The predicted octanol–water partition coefficient (Wildman–Crippen LogP) is 3.99. The molecule has 2 aromatic rings. The van der Waals surface area contributed by atoms with E-state index in [1.54, 1.807) is 0 Å². The topological polar surface area (TPSA) is 64.0 Å². The van der Waals surface area contributed by atoms with E-state index < -0.39 is 10.0 Å². The second-order valence-corrected chi connectivity index (χ2v) is 8.78. The van der Waals surface area contributed by atoms with Gasteiger partial charge in [-0.15, -0.1) is 0 Å². The van der Waals surface area contributed by atoms with Gasteiger partial charge in [-0.05, 0) is 38.7 Å². The van der Waals surface area contributed by atoms with Gasteiger partial charge in [0.05, 0.1) is 28.9 Å². The summed E-state index contributed by atoms with van der Waals surface area (Å²) >= 11 is 0. The van der Waals surface area contributed by atoms with Crippen LogP contribution < -0.4 is 4.72 Å². The van der Waals surface area contributed by atoms with Crippen molar-refractivity contribution in [2.75, 3.05) is 10.5 Å². The van der Waals surface area contributed by atoms with Crippen LogP contribution in [0.4, 0.5) is 5.69 Å². The zero-order valence-corrected chi connectivity index (χ0v) is 15.8. The lowest BCUT2D eigenvalue weighted by molar-refractivity contribution is 0.324. The van der Waals surface area contributed by atoms with Gasteiger partial charge in [-0.3, -0.25) is 9.40 Å². The van der Waals surface area contributed by atoms with Gasteiger partial charge >= 0.3 is 0 Å². The van der Waals surface area contributed by atoms with E-state index >= 15 is 0 Å².